The first-order valence-corrected chi connectivity index (χ1v) is 2.56. The van der Waals surface area contributed by atoms with Crippen molar-refractivity contribution in [1.29, 1.82) is 0 Å². The largest absolute Gasteiger partial charge is 0.0782 e. The van der Waals surface area contributed by atoms with E-state index in [1.807, 2.05) is 0 Å². The maximum absolute atomic E-state index is 3.43. The summed E-state index contributed by atoms with van der Waals surface area (Å²) in [6, 6.07) is 0. The quantitative estimate of drug-likeness (QED) is 0.401. The molecule has 0 aromatic rings. The van der Waals surface area contributed by atoms with Crippen molar-refractivity contribution in [2.24, 2.45) is 0 Å². The molecule has 0 radical (unpaired) electrons. The van der Waals surface area contributed by atoms with Crippen molar-refractivity contribution in [3.05, 3.63) is 23.6 Å². The van der Waals surface area contributed by atoms with E-state index < -0.39 is 0 Å². The summed E-state index contributed by atoms with van der Waals surface area (Å²) in [7, 11) is 0. The second-order valence-corrected chi connectivity index (χ2v) is 1.76. The van der Waals surface area contributed by atoms with E-state index in [9.17, 15) is 0 Å². The van der Waals surface area contributed by atoms with Gasteiger partial charge in [0.25, 0.3) is 0 Å². The fourth-order valence-electron chi connectivity index (χ4n) is 0.604. The molecule has 36 valence electrons. The summed E-state index contributed by atoms with van der Waals surface area (Å²) >= 11 is 0. The van der Waals surface area contributed by atoms with Crippen molar-refractivity contribution >= 4 is 0 Å². The van der Waals surface area contributed by atoms with Crippen LogP contribution in [0.15, 0.2) is 23.6 Å². The first kappa shape index (κ1) is 4.46. The first-order chi connectivity index (χ1) is 3.43. The zero-order valence-electron chi connectivity index (χ0n) is 4.33. The van der Waals surface area contributed by atoms with Gasteiger partial charge in [-0.25, -0.2) is 0 Å². The molecule has 0 unspecified atom stereocenters. The average molecular weight is 92.1 g/mol. The van der Waals surface area contributed by atoms with E-state index in [0.29, 0.717) is 0 Å². The molecule has 0 spiro atoms. The van der Waals surface area contributed by atoms with Crippen LogP contribution in [0.4, 0.5) is 0 Å². The van der Waals surface area contributed by atoms with Gasteiger partial charge in [0.15, 0.2) is 0 Å². The Kier molecular flexibility index (Phi) is 1.17. The van der Waals surface area contributed by atoms with Crippen molar-refractivity contribution in [2.75, 3.05) is 0 Å². The van der Waals surface area contributed by atoms with Crippen molar-refractivity contribution in [3.8, 4) is 0 Å². The fourth-order valence-corrected chi connectivity index (χ4v) is 0.604. The summed E-state index contributed by atoms with van der Waals surface area (Å²) in [5.74, 6) is 0. The standard InChI is InChI=1S/C7H8/c1-2-4-7-5-3-6-7/h1,3,5-6H2. The summed E-state index contributed by atoms with van der Waals surface area (Å²) in [6.45, 7) is 3.43. The number of hydrogen-bond acceptors (Lipinski definition) is 0. The molecular formula is C7H8. The molecule has 0 nitrogen and oxygen atoms in total. The molecule has 0 atom stereocenters. The van der Waals surface area contributed by atoms with Gasteiger partial charge in [-0.05, 0) is 31.4 Å². The third kappa shape index (κ3) is 0.838. The monoisotopic (exact) mass is 92.1 g/mol. The first-order valence-electron chi connectivity index (χ1n) is 2.56. The van der Waals surface area contributed by atoms with Gasteiger partial charge in [0.05, 0.1) is 0 Å². The third-order valence-corrected chi connectivity index (χ3v) is 1.22. The van der Waals surface area contributed by atoms with Crippen molar-refractivity contribution in [3.63, 3.8) is 0 Å². The van der Waals surface area contributed by atoms with Crippen LogP contribution in [-0.4, -0.2) is 0 Å². The van der Waals surface area contributed by atoms with Crippen LogP contribution in [0.1, 0.15) is 19.3 Å². The lowest BCUT2D eigenvalue weighted by Crippen LogP contribution is -1.93. The lowest BCUT2D eigenvalue weighted by molar-refractivity contribution is 0.665. The predicted molar refractivity (Wildman–Crippen MR) is 30.0 cm³/mol. The van der Waals surface area contributed by atoms with Crippen LogP contribution in [-0.2, 0) is 0 Å². The Labute approximate surface area is 43.9 Å². The highest BCUT2D eigenvalue weighted by Gasteiger charge is 2.05. The Morgan fingerprint density at radius 1 is 1.43 bits per heavy atom. The highest BCUT2D eigenvalue weighted by atomic mass is 14.1. The van der Waals surface area contributed by atoms with Gasteiger partial charge in [-0.2, -0.15) is 0 Å². The SMILES string of the molecule is C=C=C=C1CCC1. The molecule has 0 aliphatic heterocycles. The molecule has 0 N–H and O–H groups in total. The van der Waals surface area contributed by atoms with Crippen LogP contribution in [0.25, 0.3) is 0 Å². The van der Waals surface area contributed by atoms with E-state index >= 15 is 0 Å². The van der Waals surface area contributed by atoms with Crippen LogP contribution < -0.4 is 0 Å². The second kappa shape index (κ2) is 1.84. The summed E-state index contributed by atoms with van der Waals surface area (Å²) in [5, 5.41) is 0. The van der Waals surface area contributed by atoms with Gasteiger partial charge in [0.1, 0.15) is 0 Å². The van der Waals surface area contributed by atoms with Gasteiger partial charge in [-0.1, -0.05) is 11.5 Å². The third-order valence-electron chi connectivity index (χ3n) is 1.22. The molecule has 1 rings (SSSR count). The van der Waals surface area contributed by atoms with E-state index in [-0.39, 0.29) is 0 Å². The lowest BCUT2D eigenvalue weighted by Gasteiger charge is -2.10. The molecule has 1 fully saturated rings. The molecule has 7 heavy (non-hydrogen) atoms. The van der Waals surface area contributed by atoms with E-state index in [2.05, 4.69) is 18.0 Å². The van der Waals surface area contributed by atoms with Gasteiger partial charge in [0, 0.05) is 0 Å². The van der Waals surface area contributed by atoms with Gasteiger partial charge in [-0.3, -0.25) is 0 Å². The highest BCUT2D eigenvalue weighted by molar-refractivity contribution is 5.07. The second-order valence-electron chi connectivity index (χ2n) is 1.76. The van der Waals surface area contributed by atoms with Crippen LogP contribution in [0.3, 0.4) is 0 Å². The summed E-state index contributed by atoms with van der Waals surface area (Å²) in [5.41, 5.74) is 6.95. The zero-order chi connectivity index (χ0) is 5.11. The molecule has 0 aromatic heterocycles. The Morgan fingerprint density at radius 3 is 2.29 bits per heavy atom. The minimum absolute atomic E-state index is 1.22. The van der Waals surface area contributed by atoms with Crippen LogP contribution in [0, 0.1) is 0 Å². The van der Waals surface area contributed by atoms with Crippen LogP contribution in [0.2, 0.25) is 0 Å². The average Bonchev–Trinajstić information content (AvgIpc) is 1.55. The number of rotatable bonds is 0. The lowest BCUT2D eigenvalue weighted by atomic mass is 9.94. The Bertz CT molecular complexity index is 135. The molecule has 1 aliphatic rings. The van der Waals surface area contributed by atoms with Crippen molar-refractivity contribution < 1.29 is 0 Å². The Morgan fingerprint density at radius 2 is 2.14 bits per heavy atom. The van der Waals surface area contributed by atoms with E-state index in [1.165, 1.54) is 24.8 Å². The maximum atomic E-state index is 3.43. The summed E-state index contributed by atoms with van der Waals surface area (Å²) in [6.07, 6.45) is 3.79. The number of allylic oxidation sites excluding steroid dienone is 1. The Balaban J connectivity index is 2.70. The van der Waals surface area contributed by atoms with Crippen LogP contribution in [0.5, 0.6) is 0 Å². The summed E-state index contributed by atoms with van der Waals surface area (Å²) in [4.78, 5) is 0. The van der Waals surface area contributed by atoms with Crippen molar-refractivity contribution in [1.82, 2.24) is 0 Å². The minimum atomic E-state index is 1.22. The van der Waals surface area contributed by atoms with E-state index in [0.717, 1.165) is 0 Å². The maximum Gasteiger partial charge on any atom is -0.0199 e. The summed E-state index contributed by atoms with van der Waals surface area (Å²) < 4.78 is 0. The van der Waals surface area contributed by atoms with Gasteiger partial charge in [-0.15, -0.1) is 0 Å². The molecular weight excluding hydrogens is 84.1 g/mol. The van der Waals surface area contributed by atoms with E-state index in [1.54, 1.807) is 0 Å². The van der Waals surface area contributed by atoms with E-state index in [4.69, 9.17) is 0 Å². The van der Waals surface area contributed by atoms with Gasteiger partial charge < -0.3 is 0 Å². The molecule has 0 bridgehead atoms. The zero-order valence-corrected chi connectivity index (χ0v) is 4.33. The topological polar surface area (TPSA) is 0 Å². The smallest absolute Gasteiger partial charge is 0.0199 e. The van der Waals surface area contributed by atoms with Gasteiger partial charge >= 0.3 is 0 Å². The molecule has 0 amide bonds. The normalized spacial score (nSPS) is 16.9. The predicted octanol–water partition coefficient (Wildman–Crippen LogP) is 2.04. The fraction of sp³-hybridized carbons (Fsp3) is 0.429. The molecule has 0 aromatic carbocycles. The minimum Gasteiger partial charge on any atom is -0.0782 e. The molecule has 0 heteroatoms. The highest BCUT2D eigenvalue weighted by Crippen LogP contribution is 2.23. The molecule has 0 heterocycles. The number of hydrogen-bond donors (Lipinski definition) is 0. The van der Waals surface area contributed by atoms with Gasteiger partial charge in [0.2, 0.25) is 0 Å². The molecule has 1 saturated carbocycles. The van der Waals surface area contributed by atoms with Crippen molar-refractivity contribution in [2.45, 2.75) is 19.3 Å². The molecule has 0 saturated heterocycles. The van der Waals surface area contributed by atoms with Crippen LogP contribution >= 0.6 is 0 Å². The molecule has 1 aliphatic carbocycles. The Hall–Kier alpha value is -0.700.